The summed E-state index contributed by atoms with van der Waals surface area (Å²) in [6.45, 7) is 5.95. The van der Waals surface area contributed by atoms with E-state index in [0.717, 1.165) is 64.4 Å². The molecule has 8 nitrogen and oxygen atoms in total. The quantitative estimate of drug-likeness (QED) is 0.403. The first kappa shape index (κ1) is 22.5. The van der Waals surface area contributed by atoms with Crippen LogP contribution < -0.4 is 4.90 Å². The summed E-state index contributed by atoms with van der Waals surface area (Å²) in [6, 6.07) is 11.6. The number of benzene rings is 1. The number of aromatic nitrogens is 4. The van der Waals surface area contributed by atoms with Crippen molar-refractivity contribution in [3.63, 3.8) is 0 Å². The van der Waals surface area contributed by atoms with Crippen molar-refractivity contribution >= 4 is 32.7 Å². The second kappa shape index (κ2) is 9.13. The summed E-state index contributed by atoms with van der Waals surface area (Å²) in [5.74, 6) is 2.11. The molecule has 0 aliphatic carbocycles. The van der Waals surface area contributed by atoms with Crippen LogP contribution in [-0.4, -0.2) is 58.1 Å². The summed E-state index contributed by atoms with van der Waals surface area (Å²) in [5.41, 5.74) is 3.43. The van der Waals surface area contributed by atoms with Gasteiger partial charge in [-0.05, 0) is 37.1 Å². The Kier molecular flexibility index (Phi) is 6.03. The molecule has 1 saturated heterocycles. The van der Waals surface area contributed by atoms with Crippen LogP contribution in [0.3, 0.4) is 0 Å². The third-order valence-electron chi connectivity index (χ3n) is 6.17. The van der Waals surface area contributed by atoms with Crippen LogP contribution >= 0.6 is 11.3 Å². The first-order valence-corrected chi connectivity index (χ1v) is 12.4. The van der Waals surface area contributed by atoms with E-state index in [1.165, 1.54) is 0 Å². The van der Waals surface area contributed by atoms with Gasteiger partial charge in [0.15, 0.2) is 11.0 Å². The van der Waals surface area contributed by atoms with Crippen LogP contribution in [0.4, 0.5) is 5.13 Å². The minimum Gasteiger partial charge on any atom is -0.348 e. The lowest BCUT2D eigenvalue weighted by Gasteiger charge is -2.29. The Labute approximate surface area is 202 Å². The molecule has 5 rings (SSSR count). The van der Waals surface area contributed by atoms with Gasteiger partial charge in [-0.25, -0.2) is 9.97 Å². The third-order valence-corrected chi connectivity index (χ3v) is 7.19. The fourth-order valence-corrected chi connectivity index (χ4v) is 5.10. The average Bonchev–Trinajstić information content (AvgIpc) is 3.51. The molecule has 0 N–H and O–H groups in total. The number of anilines is 1. The van der Waals surface area contributed by atoms with Crippen molar-refractivity contribution in [1.82, 2.24) is 25.0 Å². The average molecular weight is 477 g/mol. The molecule has 1 aliphatic rings. The van der Waals surface area contributed by atoms with Gasteiger partial charge in [-0.2, -0.15) is 4.98 Å². The van der Waals surface area contributed by atoms with E-state index in [9.17, 15) is 4.79 Å². The molecule has 4 aromatic rings. The summed E-state index contributed by atoms with van der Waals surface area (Å²) < 4.78 is 5.52. The van der Waals surface area contributed by atoms with Crippen LogP contribution in [0.25, 0.3) is 21.6 Å². The molecule has 1 amide bonds. The number of fused-ring (bicyclic) bond motifs is 1. The summed E-state index contributed by atoms with van der Waals surface area (Å²) in [7, 11) is 3.51. The molecule has 176 valence electrons. The largest absolute Gasteiger partial charge is 0.348 e. The zero-order chi connectivity index (χ0) is 23.8. The molecular formula is C25H28N6O2S. The smallest absolute Gasteiger partial charge is 0.253 e. The second-order valence-electron chi connectivity index (χ2n) is 9.20. The maximum absolute atomic E-state index is 12.1. The molecule has 1 fully saturated rings. The Morgan fingerprint density at radius 2 is 1.79 bits per heavy atom. The van der Waals surface area contributed by atoms with Crippen molar-refractivity contribution in [3.8, 4) is 11.3 Å². The fourth-order valence-electron chi connectivity index (χ4n) is 4.11. The molecule has 1 aromatic carbocycles. The number of thiazole rings is 1. The summed E-state index contributed by atoms with van der Waals surface area (Å²) >= 11 is 1.62. The van der Waals surface area contributed by atoms with Crippen molar-refractivity contribution in [3.05, 3.63) is 53.7 Å². The van der Waals surface area contributed by atoms with E-state index in [-0.39, 0.29) is 11.8 Å². The van der Waals surface area contributed by atoms with E-state index >= 15 is 0 Å². The summed E-state index contributed by atoms with van der Waals surface area (Å²) in [5, 5.41) is 5.11. The second-order valence-corrected chi connectivity index (χ2v) is 10.2. The van der Waals surface area contributed by atoms with Crippen molar-refractivity contribution in [2.75, 3.05) is 32.1 Å². The van der Waals surface area contributed by atoms with E-state index in [4.69, 9.17) is 14.5 Å². The number of amides is 1. The Morgan fingerprint density at radius 3 is 2.44 bits per heavy atom. The van der Waals surface area contributed by atoms with E-state index in [0.29, 0.717) is 11.5 Å². The number of pyridine rings is 1. The van der Waals surface area contributed by atoms with Gasteiger partial charge in [-0.1, -0.05) is 42.5 Å². The van der Waals surface area contributed by atoms with Crippen molar-refractivity contribution in [1.29, 1.82) is 0 Å². The lowest BCUT2D eigenvalue weighted by Crippen LogP contribution is -2.32. The molecule has 0 radical (unpaired) electrons. The molecule has 34 heavy (non-hydrogen) atoms. The van der Waals surface area contributed by atoms with E-state index in [1.807, 2.05) is 36.4 Å². The summed E-state index contributed by atoms with van der Waals surface area (Å²) in [4.78, 5) is 31.2. The standard InChI is InChI=1S/C25H28N6O2S/c1-15(2)21-28-22(33-29-21)17-11-13-31(14-12-17)25-27-20-10-9-19(26-23(20)34-25)16-5-7-18(8-6-16)24(32)30(3)4/h5-10,15,17H,11-14H2,1-4H3. The zero-order valence-corrected chi connectivity index (χ0v) is 20.7. The maximum Gasteiger partial charge on any atom is 0.253 e. The third kappa shape index (κ3) is 4.40. The van der Waals surface area contributed by atoms with Crippen molar-refractivity contribution in [2.24, 2.45) is 0 Å². The molecule has 0 atom stereocenters. The molecule has 0 spiro atoms. The Hall–Kier alpha value is -3.33. The van der Waals surface area contributed by atoms with Gasteiger partial charge in [-0.3, -0.25) is 4.79 Å². The van der Waals surface area contributed by atoms with Crippen LogP contribution in [-0.2, 0) is 0 Å². The predicted octanol–water partition coefficient (Wildman–Crippen LogP) is 4.95. The SMILES string of the molecule is CC(C)c1noc(C2CCN(c3nc4ccc(-c5ccc(C(=O)N(C)C)cc5)nc4s3)CC2)n1. The van der Waals surface area contributed by atoms with Crippen molar-refractivity contribution in [2.45, 2.75) is 38.5 Å². The lowest BCUT2D eigenvalue weighted by atomic mass is 9.97. The van der Waals surface area contributed by atoms with Crippen LogP contribution in [0.1, 0.15) is 60.6 Å². The van der Waals surface area contributed by atoms with Crippen LogP contribution in [0.15, 0.2) is 40.9 Å². The fraction of sp³-hybridized carbons (Fsp3) is 0.400. The Balaban J connectivity index is 1.29. The Morgan fingerprint density at radius 1 is 1.06 bits per heavy atom. The van der Waals surface area contributed by atoms with Gasteiger partial charge in [-0.15, -0.1) is 0 Å². The van der Waals surface area contributed by atoms with Gasteiger partial charge in [0.2, 0.25) is 5.89 Å². The summed E-state index contributed by atoms with van der Waals surface area (Å²) in [6.07, 6.45) is 1.93. The number of carbonyl (C=O) groups is 1. The van der Waals surface area contributed by atoms with Crippen molar-refractivity contribution < 1.29 is 9.32 Å². The molecule has 0 unspecified atom stereocenters. The highest BCUT2D eigenvalue weighted by Gasteiger charge is 2.27. The Bertz CT molecular complexity index is 1300. The minimum atomic E-state index is -0.00900. The van der Waals surface area contributed by atoms with E-state index in [2.05, 4.69) is 28.9 Å². The number of hydrogen-bond acceptors (Lipinski definition) is 8. The number of nitrogens with zero attached hydrogens (tertiary/aromatic N) is 6. The normalized spacial score (nSPS) is 14.8. The molecular weight excluding hydrogens is 448 g/mol. The van der Waals surface area contributed by atoms with Gasteiger partial charge in [0.25, 0.3) is 5.91 Å². The zero-order valence-electron chi connectivity index (χ0n) is 19.9. The molecule has 9 heteroatoms. The highest BCUT2D eigenvalue weighted by molar-refractivity contribution is 7.21. The first-order chi connectivity index (χ1) is 16.4. The molecule has 0 saturated carbocycles. The molecule has 0 bridgehead atoms. The number of hydrogen-bond donors (Lipinski definition) is 0. The van der Waals surface area contributed by atoms with Gasteiger partial charge in [0.1, 0.15) is 10.3 Å². The highest BCUT2D eigenvalue weighted by Crippen LogP contribution is 2.34. The van der Waals surface area contributed by atoms with Gasteiger partial charge < -0.3 is 14.3 Å². The van der Waals surface area contributed by atoms with Crippen LogP contribution in [0.5, 0.6) is 0 Å². The number of carbonyl (C=O) groups excluding carboxylic acids is 1. The highest BCUT2D eigenvalue weighted by atomic mass is 32.1. The molecule has 1 aliphatic heterocycles. The topological polar surface area (TPSA) is 88.3 Å². The minimum absolute atomic E-state index is 0.00900. The van der Waals surface area contributed by atoms with Gasteiger partial charge in [0, 0.05) is 50.1 Å². The monoisotopic (exact) mass is 476 g/mol. The first-order valence-electron chi connectivity index (χ1n) is 11.6. The number of piperidine rings is 1. The number of rotatable bonds is 5. The van der Waals surface area contributed by atoms with E-state index < -0.39 is 0 Å². The molecule has 4 heterocycles. The van der Waals surface area contributed by atoms with Crippen LogP contribution in [0, 0.1) is 0 Å². The molecule has 3 aromatic heterocycles. The lowest BCUT2D eigenvalue weighted by molar-refractivity contribution is 0.0827. The van der Waals surface area contributed by atoms with E-state index in [1.54, 1.807) is 30.3 Å². The predicted molar refractivity (Wildman–Crippen MR) is 133 cm³/mol. The van der Waals surface area contributed by atoms with Gasteiger partial charge in [0.05, 0.1) is 5.69 Å². The maximum atomic E-state index is 12.1. The van der Waals surface area contributed by atoms with Gasteiger partial charge >= 0.3 is 0 Å². The van der Waals surface area contributed by atoms with Crippen LogP contribution in [0.2, 0.25) is 0 Å².